The molecule has 6 nitrogen and oxygen atoms in total. The molecule has 26 heavy (non-hydrogen) atoms. The highest BCUT2D eigenvalue weighted by atomic mass is 16.2. The van der Waals surface area contributed by atoms with Gasteiger partial charge in [0.1, 0.15) is 0 Å². The summed E-state index contributed by atoms with van der Waals surface area (Å²) < 4.78 is 0. The summed E-state index contributed by atoms with van der Waals surface area (Å²) in [5.41, 5.74) is 0. The summed E-state index contributed by atoms with van der Waals surface area (Å²) >= 11 is 0. The van der Waals surface area contributed by atoms with Crippen molar-refractivity contribution in [3.8, 4) is 0 Å². The standard InChI is InChI=1S/C20H36N4O2/c1-21-18(25)14-12-10-8-6-4-2-3-5-7-9-11-13-15-19(26)24-20-22-16-17-23-20/h16-17H,2-15H2,1H3,(H,21,25)(H2,22,23,24,26). The highest BCUT2D eigenvalue weighted by molar-refractivity contribution is 5.88. The monoisotopic (exact) mass is 364 g/mol. The maximum absolute atomic E-state index is 11.7. The van der Waals surface area contributed by atoms with Crippen molar-refractivity contribution in [3.63, 3.8) is 0 Å². The molecule has 1 aromatic rings. The fourth-order valence-electron chi connectivity index (χ4n) is 2.99. The van der Waals surface area contributed by atoms with E-state index in [1.807, 2.05) is 0 Å². The van der Waals surface area contributed by atoms with Crippen LogP contribution in [0.2, 0.25) is 0 Å². The topological polar surface area (TPSA) is 86.9 Å². The lowest BCUT2D eigenvalue weighted by atomic mass is 10.0. The summed E-state index contributed by atoms with van der Waals surface area (Å²) in [5, 5.41) is 5.41. The normalized spacial score (nSPS) is 10.7. The molecule has 0 aliphatic heterocycles. The second-order valence-electron chi connectivity index (χ2n) is 6.90. The van der Waals surface area contributed by atoms with E-state index in [9.17, 15) is 9.59 Å². The zero-order valence-electron chi connectivity index (χ0n) is 16.3. The van der Waals surface area contributed by atoms with Crippen LogP contribution in [0.1, 0.15) is 89.9 Å². The third kappa shape index (κ3) is 12.5. The van der Waals surface area contributed by atoms with Gasteiger partial charge in [-0.3, -0.25) is 14.9 Å². The lowest BCUT2D eigenvalue weighted by Gasteiger charge is -2.04. The summed E-state index contributed by atoms with van der Waals surface area (Å²) in [6.07, 6.45) is 19.1. The number of anilines is 1. The van der Waals surface area contributed by atoms with E-state index in [4.69, 9.17) is 0 Å². The molecule has 6 heteroatoms. The first kappa shape index (κ1) is 22.2. The highest BCUT2D eigenvalue weighted by Gasteiger charge is 2.03. The molecule has 3 N–H and O–H groups in total. The van der Waals surface area contributed by atoms with Gasteiger partial charge in [0, 0.05) is 32.3 Å². The molecule has 0 aromatic carbocycles. The van der Waals surface area contributed by atoms with Crippen molar-refractivity contribution in [3.05, 3.63) is 12.4 Å². The number of unbranched alkanes of at least 4 members (excludes halogenated alkanes) is 11. The van der Waals surface area contributed by atoms with Crippen molar-refractivity contribution in [2.24, 2.45) is 0 Å². The second kappa shape index (κ2) is 15.4. The van der Waals surface area contributed by atoms with Gasteiger partial charge in [0.15, 0.2) is 0 Å². The van der Waals surface area contributed by atoms with Crippen molar-refractivity contribution < 1.29 is 9.59 Å². The molecule has 0 aliphatic carbocycles. The molecule has 0 atom stereocenters. The molecule has 0 bridgehead atoms. The molecule has 0 saturated heterocycles. The Morgan fingerprint density at radius 3 is 1.69 bits per heavy atom. The number of H-pyrrole nitrogens is 1. The molecular formula is C20H36N4O2. The van der Waals surface area contributed by atoms with Crippen LogP contribution in [-0.2, 0) is 9.59 Å². The quantitative estimate of drug-likeness (QED) is 0.376. The van der Waals surface area contributed by atoms with Gasteiger partial charge in [-0.2, -0.15) is 0 Å². The molecule has 1 heterocycles. The molecule has 0 saturated carbocycles. The number of aromatic nitrogens is 2. The summed E-state index contributed by atoms with van der Waals surface area (Å²) in [4.78, 5) is 29.6. The van der Waals surface area contributed by atoms with Crippen molar-refractivity contribution in [1.82, 2.24) is 15.3 Å². The molecule has 0 aliphatic rings. The number of carbonyl (C=O) groups excluding carboxylic acids is 2. The van der Waals surface area contributed by atoms with Crippen LogP contribution in [0.4, 0.5) is 5.95 Å². The largest absolute Gasteiger partial charge is 0.359 e. The van der Waals surface area contributed by atoms with Gasteiger partial charge >= 0.3 is 0 Å². The Balaban J connectivity index is 1.75. The average Bonchev–Trinajstić information content (AvgIpc) is 3.14. The Morgan fingerprint density at radius 2 is 1.27 bits per heavy atom. The van der Waals surface area contributed by atoms with Crippen molar-refractivity contribution in [1.29, 1.82) is 0 Å². The number of hydrogen-bond acceptors (Lipinski definition) is 3. The third-order valence-corrected chi connectivity index (χ3v) is 4.59. The van der Waals surface area contributed by atoms with Crippen molar-refractivity contribution in [2.75, 3.05) is 12.4 Å². The van der Waals surface area contributed by atoms with Gasteiger partial charge in [0.05, 0.1) is 0 Å². The minimum absolute atomic E-state index is 0.0373. The molecule has 0 fully saturated rings. The second-order valence-corrected chi connectivity index (χ2v) is 6.90. The maximum atomic E-state index is 11.7. The van der Waals surface area contributed by atoms with Crippen LogP contribution in [0.15, 0.2) is 12.4 Å². The summed E-state index contributed by atoms with van der Waals surface area (Å²) in [7, 11) is 1.70. The van der Waals surface area contributed by atoms with Gasteiger partial charge in [-0.1, -0.05) is 64.2 Å². The minimum Gasteiger partial charge on any atom is -0.359 e. The number of imidazole rings is 1. The van der Waals surface area contributed by atoms with Crippen molar-refractivity contribution in [2.45, 2.75) is 89.9 Å². The Kier molecular flexibility index (Phi) is 13.2. The van der Waals surface area contributed by atoms with Crippen LogP contribution < -0.4 is 10.6 Å². The number of nitrogens with zero attached hydrogens (tertiary/aromatic N) is 1. The van der Waals surface area contributed by atoms with E-state index in [0.29, 0.717) is 18.8 Å². The predicted octanol–water partition coefficient (Wildman–Crippen LogP) is 4.56. The number of carbonyl (C=O) groups is 2. The molecular weight excluding hydrogens is 328 g/mol. The van der Waals surface area contributed by atoms with Gasteiger partial charge in [-0.15, -0.1) is 0 Å². The zero-order valence-corrected chi connectivity index (χ0v) is 16.3. The van der Waals surface area contributed by atoms with Crippen LogP contribution in [0.3, 0.4) is 0 Å². The fourth-order valence-corrected chi connectivity index (χ4v) is 2.99. The SMILES string of the molecule is CNC(=O)CCCCCCCCCCCCCCC(=O)Nc1ncc[nH]1. The zero-order chi connectivity index (χ0) is 18.9. The van der Waals surface area contributed by atoms with Crippen LogP contribution in [0.25, 0.3) is 0 Å². The molecule has 1 aromatic heterocycles. The Hall–Kier alpha value is -1.85. The first-order chi connectivity index (χ1) is 12.7. The van der Waals surface area contributed by atoms with Gasteiger partial charge in [-0.25, -0.2) is 4.98 Å². The first-order valence-electron chi connectivity index (χ1n) is 10.2. The van der Waals surface area contributed by atoms with E-state index >= 15 is 0 Å². The molecule has 0 unspecified atom stereocenters. The van der Waals surface area contributed by atoms with Crippen LogP contribution >= 0.6 is 0 Å². The number of rotatable bonds is 16. The fraction of sp³-hybridized carbons (Fsp3) is 0.750. The van der Waals surface area contributed by atoms with Crippen LogP contribution in [0.5, 0.6) is 0 Å². The number of hydrogen-bond donors (Lipinski definition) is 3. The number of aromatic amines is 1. The molecule has 0 spiro atoms. The Morgan fingerprint density at radius 1 is 0.808 bits per heavy atom. The molecule has 148 valence electrons. The van der Waals surface area contributed by atoms with Gasteiger partial charge < -0.3 is 10.3 Å². The summed E-state index contributed by atoms with van der Waals surface area (Å²) in [6.45, 7) is 0. The van der Waals surface area contributed by atoms with E-state index in [-0.39, 0.29) is 11.8 Å². The van der Waals surface area contributed by atoms with E-state index in [1.54, 1.807) is 19.4 Å². The highest BCUT2D eigenvalue weighted by Crippen LogP contribution is 2.13. The predicted molar refractivity (Wildman–Crippen MR) is 106 cm³/mol. The van der Waals surface area contributed by atoms with E-state index in [1.165, 1.54) is 57.8 Å². The lowest BCUT2D eigenvalue weighted by Crippen LogP contribution is -2.16. The maximum Gasteiger partial charge on any atom is 0.226 e. The molecule has 2 amide bonds. The summed E-state index contributed by atoms with van der Waals surface area (Å²) in [5.74, 6) is 0.722. The van der Waals surface area contributed by atoms with Crippen LogP contribution in [-0.4, -0.2) is 28.8 Å². The van der Waals surface area contributed by atoms with E-state index < -0.39 is 0 Å². The first-order valence-corrected chi connectivity index (χ1v) is 10.2. The smallest absolute Gasteiger partial charge is 0.226 e. The number of nitrogens with one attached hydrogen (secondary N) is 3. The van der Waals surface area contributed by atoms with E-state index in [0.717, 1.165) is 19.3 Å². The summed E-state index contributed by atoms with van der Waals surface area (Å²) in [6, 6.07) is 0. The Labute approximate surface area is 157 Å². The van der Waals surface area contributed by atoms with Gasteiger partial charge in [0.25, 0.3) is 0 Å². The van der Waals surface area contributed by atoms with E-state index in [2.05, 4.69) is 20.6 Å². The Bertz CT molecular complexity index is 474. The molecule has 1 rings (SSSR count). The van der Waals surface area contributed by atoms with Crippen LogP contribution in [0, 0.1) is 0 Å². The molecule has 0 radical (unpaired) electrons. The van der Waals surface area contributed by atoms with Crippen molar-refractivity contribution >= 4 is 17.8 Å². The average molecular weight is 365 g/mol. The van der Waals surface area contributed by atoms with Gasteiger partial charge in [-0.05, 0) is 12.8 Å². The minimum atomic E-state index is 0.0373. The van der Waals surface area contributed by atoms with Gasteiger partial charge in [0.2, 0.25) is 17.8 Å². The third-order valence-electron chi connectivity index (χ3n) is 4.59. The lowest BCUT2D eigenvalue weighted by molar-refractivity contribution is -0.120. The number of amides is 2.